The second-order valence-electron chi connectivity index (χ2n) is 6.23. The minimum Gasteiger partial charge on any atom is -0.302 e. The van der Waals surface area contributed by atoms with Gasteiger partial charge in [0.1, 0.15) is 5.01 Å². The molecule has 1 aliphatic rings. The number of aromatic nitrogens is 5. The Bertz CT molecular complexity index is 1020. The normalized spacial score (nSPS) is 13.7. The third-order valence-corrected chi connectivity index (χ3v) is 6.67. The number of carbonyl (C=O) groups excluding carboxylic acids is 1. The van der Waals surface area contributed by atoms with E-state index in [1.54, 1.807) is 12.1 Å². The molecule has 0 aliphatic heterocycles. The zero-order chi connectivity index (χ0) is 19.7. The highest BCUT2D eigenvalue weighted by Crippen LogP contribution is 2.42. The summed E-state index contributed by atoms with van der Waals surface area (Å²) in [6.45, 7) is 2.63. The second kappa shape index (κ2) is 8.36. The summed E-state index contributed by atoms with van der Waals surface area (Å²) < 4.78 is 1.92. The van der Waals surface area contributed by atoms with Crippen LogP contribution in [0.4, 0.5) is 5.13 Å². The average molecular weight is 455 g/mol. The smallest absolute Gasteiger partial charge is 0.236 e. The summed E-state index contributed by atoms with van der Waals surface area (Å²) in [7, 11) is 0. The first kappa shape index (κ1) is 19.6. The summed E-state index contributed by atoms with van der Waals surface area (Å²) in [5, 5.41) is 22.7. The molecule has 1 fully saturated rings. The van der Waals surface area contributed by atoms with Gasteiger partial charge in [0.05, 0.1) is 10.8 Å². The highest BCUT2D eigenvalue weighted by atomic mass is 35.5. The van der Waals surface area contributed by atoms with Gasteiger partial charge in [-0.05, 0) is 38.0 Å². The van der Waals surface area contributed by atoms with Gasteiger partial charge in [0, 0.05) is 23.0 Å². The predicted molar refractivity (Wildman–Crippen MR) is 112 cm³/mol. The summed E-state index contributed by atoms with van der Waals surface area (Å²) in [6, 6.07) is 5.25. The molecule has 0 atom stereocenters. The molecule has 1 aliphatic carbocycles. The zero-order valence-corrected chi connectivity index (χ0v) is 18.0. The molecule has 3 aromatic rings. The van der Waals surface area contributed by atoms with Gasteiger partial charge in [-0.15, -0.1) is 20.4 Å². The number of thioether (sulfide) groups is 1. The Kier molecular flexibility index (Phi) is 5.86. The third-order valence-electron chi connectivity index (χ3n) is 4.15. The van der Waals surface area contributed by atoms with Crippen LogP contribution in [0.3, 0.4) is 0 Å². The van der Waals surface area contributed by atoms with Crippen LogP contribution in [0.1, 0.15) is 30.7 Å². The van der Waals surface area contributed by atoms with E-state index in [-0.39, 0.29) is 11.7 Å². The molecule has 0 saturated heterocycles. The lowest BCUT2D eigenvalue weighted by Gasteiger charge is -2.08. The van der Waals surface area contributed by atoms with Crippen molar-refractivity contribution in [3.05, 3.63) is 33.3 Å². The van der Waals surface area contributed by atoms with E-state index >= 15 is 0 Å². The van der Waals surface area contributed by atoms with Crippen LogP contribution in [0, 0.1) is 0 Å². The van der Waals surface area contributed by atoms with Crippen molar-refractivity contribution in [1.29, 1.82) is 0 Å². The number of nitrogens with one attached hydrogen (secondary N) is 1. The van der Waals surface area contributed by atoms with Gasteiger partial charge in [-0.25, -0.2) is 0 Å². The second-order valence-corrected chi connectivity index (χ2v) is 9.03. The fourth-order valence-corrected chi connectivity index (χ4v) is 4.84. The van der Waals surface area contributed by atoms with Crippen molar-refractivity contribution < 1.29 is 4.79 Å². The first-order valence-corrected chi connectivity index (χ1v) is 11.3. The number of amides is 1. The summed E-state index contributed by atoms with van der Waals surface area (Å²) in [6.07, 6.45) is 2.32. The van der Waals surface area contributed by atoms with E-state index in [1.165, 1.54) is 23.1 Å². The van der Waals surface area contributed by atoms with Crippen LogP contribution in [0.5, 0.6) is 0 Å². The van der Waals surface area contributed by atoms with Crippen LogP contribution >= 0.6 is 46.3 Å². The predicted octanol–water partition coefficient (Wildman–Crippen LogP) is 4.73. The molecule has 2 aromatic heterocycles. The minimum atomic E-state index is -0.153. The maximum atomic E-state index is 12.3. The average Bonchev–Trinajstić information content (AvgIpc) is 3.28. The van der Waals surface area contributed by atoms with E-state index < -0.39 is 0 Å². The van der Waals surface area contributed by atoms with Crippen molar-refractivity contribution in [2.75, 3.05) is 11.1 Å². The van der Waals surface area contributed by atoms with Gasteiger partial charge in [0.15, 0.2) is 11.0 Å². The van der Waals surface area contributed by atoms with Crippen LogP contribution < -0.4 is 5.32 Å². The van der Waals surface area contributed by atoms with E-state index in [0.717, 1.165) is 23.4 Å². The summed E-state index contributed by atoms with van der Waals surface area (Å²) in [4.78, 5) is 12.3. The summed E-state index contributed by atoms with van der Waals surface area (Å²) in [5.74, 6) is 1.22. The number of nitrogens with zero attached hydrogens (tertiary/aromatic N) is 5. The van der Waals surface area contributed by atoms with E-state index in [0.29, 0.717) is 38.6 Å². The van der Waals surface area contributed by atoms with Crippen LogP contribution in [0.25, 0.3) is 11.4 Å². The van der Waals surface area contributed by atoms with Crippen molar-refractivity contribution in [3.63, 3.8) is 0 Å². The lowest BCUT2D eigenvalue weighted by Crippen LogP contribution is -2.14. The Balaban J connectivity index is 1.42. The number of halogens is 2. The largest absolute Gasteiger partial charge is 0.302 e. The molecule has 7 nitrogen and oxygen atoms in total. The van der Waals surface area contributed by atoms with Crippen molar-refractivity contribution in [1.82, 2.24) is 25.0 Å². The molecule has 0 unspecified atom stereocenters. The molecule has 146 valence electrons. The topological polar surface area (TPSA) is 85.6 Å². The maximum Gasteiger partial charge on any atom is 0.236 e. The fraction of sp³-hybridized carbons (Fsp3) is 0.353. The number of hydrogen-bond acceptors (Lipinski definition) is 7. The van der Waals surface area contributed by atoms with Gasteiger partial charge >= 0.3 is 0 Å². The molecular weight excluding hydrogens is 439 g/mol. The summed E-state index contributed by atoms with van der Waals surface area (Å²) in [5.41, 5.74) is 0.748. The van der Waals surface area contributed by atoms with Gasteiger partial charge in [0.25, 0.3) is 0 Å². The van der Waals surface area contributed by atoms with Crippen molar-refractivity contribution in [3.8, 4) is 11.4 Å². The number of benzene rings is 1. The molecular formula is C17H16Cl2N6OS2. The standard InChI is InChI=1S/C17H16Cl2N6OS2/c1-2-25-14(11-6-5-10(18)7-12(11)19)21-24-17(25)27-8-13(26)20-16-23-22-15(28-16)9-3-4-9/h5-7,9H,2-4,8H2,1H3,(H,20,23,26). The molecule has 0 bridgehead atoms. The maximum absolute atomic E-state index is 12.3. The monoisotopic (exact) mass is 454 g/mol. The molecule has 28 heavy (non-hydrogen) atoms. The Hall–Kier alpha value is -1.68. The summed E-state index contributed by atoms with van der Waals surface area (Å²) >= 11 is 15.0. The van der Waals surface area contributed by atoms with Gasteiger partial charge in [0.2, 0.25) is 11.0 Å². The molecule has 1 aromatic carbocycles. The number of anilines is 1. The van der Waals surface area contributed by atoms with Gasteiger partial charge in [-0.3, -0.25) is 10.1 Å². The van der Waals surface area contributed by atoms with E-state index in [9.17, 15) is 4.79 Å². The Morgan fingerprint density at radius 3 is 2.82 bits per heavy atom. The molecule has 0 spiro atoms. The Morgan fingerprint density at radius 1 is 1.29 bits per heavy atom. The molecule has 2 heterocycles. The Morgan fingerprint density at radius 2 is 2.11 bits per heavy atom. The first-order valence-electron chi connectivity index (χ1n) is 8.69. The highest BCUT2D eigenvalue weighted by molar-refractivity contribution is 7.99. The lowest BCUT2D eigenvalue weighted by molar-refractivity contribution is -0.113. The van der Waals surface area contributed by atoms with Crippen LogP contribution in [-0.2, 0) is 11.3 Å². The third kappa shape index (κ3) is 4.32. The molecule has 0 radical (unpaired) electrons. The quantitative estimate of drug-likeness (QED) is 0.519. The van der Waals surface area contributed by atoms with Gasteiger partial charge in [-0.1, -0.05) is 46.3 Å². The van der Waals surface area contributed by atoms with Gasteiger partial charge in [-0.2, -0.15) is 0 Å². The number of hydrogen-bond donors (Lipinski definition) is 1. The van der Waals surface area contributed by atoms with E-state index in [1.807, 2.05) is 17.6 Å². The van der Waals surface area contributed by atoms with Crippen LogP contribution in [0.2, 0.25) is 10.0 Å². The number of carbonyl (C=O) groups is 1. The lowest BCUT2D eigenvalue weighted by atomic mass is 10.2. The SMILES string of the molecule is CCn1c(SCC(=O)Nc2nnc(C3CC3)s2)nnc1-c1ccc(Cl)cc1Cl. The van der Waals surface area contributed by atoms with Crippen LogP contribution in [0.15, 0.2) is 23.4 Å². The van der Waals surface area contributed by atoms with Gasteiger partial charge < -0.3 is 4.57 Å². The molecule has 1 N–H and O–H groups in total. The molecule has 1 saturated carbocycles. The molecule has 11 heteroatoms. The fourth-order valence-electron chi connectivity index (χ4n) is 2.62. The van der Waals surface area contributed by atoms with E-state index in [4.69, 9.17) is 23.2 Å². The molecule has 1 amide bonds. The first-order chi connectivity index (χ1) is 13.5. The van der Waals surface area contributed by atoms with Crippen LogP contribution in [-0.4, -0.2) is 36.6 Å². The minimum absolute atomic E-state index is 0.153. The molecule has 4 rings (SSSR count). The zero-order valence-electron chi connectivity index (χ0n) is 14.9. The Labute approximate surface area is 179 Å². The van der Waals surface area contributed by atoms with E-state index in [2.05, 4.69) is 25.7 Å². The van der Waals surface area contributed by atoms with Crippen molar-refractivity contribution in [2.24, 2.45) is 0 Å². The highest BCUT2D eigenvalue weighted by Gasteiger charge is 2.27. The number of rotatable bonds is 7. The van der Waals surface area contributed by atoms with Crippen molar-refractivity contribution >= 4 is 57.3 Å². The van der Waals surface area contributed by atoms with Crippen molar-refractivity contribution in [2.45, 2.75) is 37.4 Å².